The van der Waals surface area contributed by atoms with E-state index in [4.69, 9.17) is 29.3 Å². The summed E-state index contributed by atoms with van der Waals surface area (Å²) >= 11 is 0. The van der Waals surface area contributed by atoms with Crippen molar-refractivity contribution in [2.75, 3.05) is 73.3 Å². The fraction of sp³-hybridized carbons (Fsp3) is 0.631. The molecule has 11 atom stereocenters. The Bertz CT molecular complexity index is 3590. The van der Waals surface area contributed by atoms with Crippen LogP contribution in [0.5, 0.6) is 5.75 Å². The molecule has 96 heavy (non-hydrogen) atoms. The molecule has 0 saturated carbocycles. The summed E-state index contributed by atoms with van der Waals surface area (Å²) < 4.78 is 24.4. The number of hydrogen-bond donors (Lipinski definition) is 7. The lowest BCUT2D eigenvalue weighted by atomic mass is 9.98. The van der Waals surface area contributed by atoms with Crippen molar-refractivity contribution in [3.8, 4) is 17.2 Å². The van der Waals surface area contributed by atoms with Gasteiger partial charge in [-0.3, -0.25) is 52.7 Å². The van der Waals surface area contributed by atoms with Crippen molar-refractivity contribution in [1.29, 1.82) is 0 Å². The summed E-state index contributed by atoms with van der Waals surface area (Å²) in [6.45, 7) is 16.4. The predicted octanol–water partition coefficient (Wildman–Crippen LogP) is -0.542. The standard InChI is InChI=1S/C65H92N12O19/c1-28(2)45-62(89)76-21-17-19-38(76)60(87)72(13)24-41(80)74(15)51(30(5)6)64(91)94-34(11)47(58(85)68-45)70-56(83)37-23-40(93-27-36(79)26-78)32(9)54-49(37)67-50-43(44(66)53(82)33(10)55(50)96-54)57(84)71-48-35(12)95-65(92)52(31(7)8)75(16)42(81)25-73(14)61(88)39-20-18-22-77(39)63(90)46(29(3)4)69-59(48)86/h23,28-31,34-36,38-39,45-48,51-52,78-79H,17-22,24-27,66H2,1-16H3,(H,68,85)(H,69,86)(H,70,83)(H,71,84)/t34-,35-,36?,38-,39-,45-,46-,47+,48+,51-,52-/m0/s1. The highest BCUT2D eigenvalue weighted by molar-refractivity contribution is 6.11. The number of aliphatic hydroxyl groups is 2. The third-order valence-corrected chi connectivity index (χ3v) is 18.3. The number of rotatable bonds is 12. The van der Waals surface area contributed by atoms with Gasteiger partial charge in [0.25, 0.3) is 11.8 Å². The highest BCUT2D eigenvalue weighted by Gasteiger charge is 2.47. The zero-order chi connectivity index (χ0) is 71.5. The van der Waals surface area contributed by atoms with Crippen molar-refractivity contribution in [3.05, 3.63) is 38.5 Å². The molecule has 0 radical (unpaired) electrons. The second kappa shape index (κ2) is 30.4. The van der Waals surface area contributed by atoms with Gasteiger partial charge in [0.05, 0.1) is 36.5 Å². The lowest BCUT2D eigenvalue weighted by molar-refractivity contribution is -0.163. The molecule has 1 aliphatic carbocycles. The van der Waals surface area contributed by atoms with E-state index in [1.807, 2.05) is 0 Å². The number of nitrogens with zero attached hydrogens (tertiary/aromatic N) is 7. The number of ether oxygens (including phenoxy) is 3. The highest BCUT2D eigenvalue weighted by Crippen LogP contribution is 2.38. The summed E-state index contributed by atoms with van der Waals surface area (Å²) in [6, 6.07) is -10.1. The summed E-state index contributed by atoms with van der Waals surface area (Å²) in [4.78, 5) is 201. The van der Waals surface area contributed by atoms with E-state index in [2.05, 4.69) is 21.3 Å². The first-order valence-electron chi connectivity index (χ1n) is 32.3. The average molecular weight is 1350 g/mol. The van der Waals surface area contributed by atoms with Crippen LogP contribution in [-0.2, 0) is 57.4 Å². The van der Waals surface area contributed by atoms with Crippen LogP contribution in [0.1, 0.15) is 127 Å². The molecule has 10 amide bonds. The minimum Gasteiger partial charge on any atom is -0.490 e. The number of aliphatic hydroxyl groups excluding tert-OH is 2. The molecule has 4 saturated heterocycles. The highest BCUT2D eigenvalue weighted by atomic mass is 16.6. The Morgan fingerprint density at radius 3 is 1.52 bits per heavy atom. The maximum Gasteiger partial charge on any atom is 0.329 e. The summed E-state index contributed by atoms with van der Waals surface area (Å²) in [7, 11) is 5.50. The Labute approximate surface area is 556 Å². The number of carbonyl (C=O) groups excluding carboxylic acids is 12. The molecule has 0 spiro atoms. The predicted molar refractivity (Wildman–Crippen MR) is 344 cm³/mol. The lowest BCUT2D eigenvalue weighted by Crippen LogP contribution is -2.61. The smallest absolute Gasteiger partial charge is 0.329 e. The van der Waals surface area contributed by atoms with Gasteiger partial charge in [-0.25, -0.2) is 14.6 Å². The van der Waals surface area contributed by atoms with E-state index < -0.39 is 227 Å². The number of esters is 2. The normalized spacial score (nSPS) is 25.6. The second-order valence-corrected chi connectivity index (χ2v) is 26.8. The molecule has 6 aliphatic rings. The van der Waals surface area contributed by atoms with Gasteiger partial charge < -0.3 is 85.2 Å². The van der Waals surface area contributed by atoms with Crippen LogP contribution in [-0.4, -0.2) is 250 Å². The molecule has 5 aliphatic heterocycles. The Hall–Kier alpha value is -9.00. The topological polar surface area (TPSA) is 410 Å². The Kier molecular flexibility index (Phi) is 23.5. The number of nitrogen functional groups attached to an aromatic ring is 1. The molecule has 1 aromatic rings. The Balaban J connectivity index is 1.39. The van der Waals surface area contributed by atoms with Crippen LogP contribution in [0.2, 0.25) is 0 Å². The van der Waals surface area contributed by atoms with E-state index in [-0.39, 0.29) is 48.4 Å². The van der Waals surface area contributed by atoms with Gasteiger partial charge in [0.2, 0.25) is 52.7 Å². The van der Waals surface area contributed by atoms with E-state index in [1.54, 1.807) is 55.4 Å². The van der Waals surface area contributed by atoms with Crippen LogP contribution < -0.4 is 37.2 Å². The number of aromatic nitrogens is 1. The minimum absolute atomic E-state index is 0.0680. The van der Waals surface area contributed by atoms with E-state index in [0.29, 0.717) is 12.8 Å². The first-order valence-corrected chi connectivity index (χ1v) is 32.3. The van der Waals surface area contributed by atoms with Crippen molar-refractivity contribution >= 4 is 87.8 Å². The number of aryl methyl sites for hydroxylation is 1. The van der Waals surface area contributed by atoms with E-state index >= 15 is 14.4 Å². The third kappa shape index (κ3) is 15.3. The molecule has 5 heterocycles. The van der Waals surface area contributed by atoms with Gasteiger partial charge >= 0.3 is 11.9 Å². The van der Waals surface area contributed by atoms with Crippen LogP contribution >= 0.6 is 0 Å². The molecule has 1 unspecified atom stereocenters. The Morgan fingerprint density at radius 2 is 1.10 bits per heavy atom. The number of likely N-dealkylation sites (N-methyl/N-ethyl adjacent to an activating group) is 4. The van der Waals surface area contributed by atoms with Gasteiger partial charge in [-0.15, -0.1) is 0 Å². The van der Waals surface area contributed by atoms with E-state index in [9.17, 15) is 58.2 Å². The van der Waals surface area contributed by atoms with Crippen molar-refractivity contribution in [1.82, 2.24) is 55.7 Å². The number of amides is 10. The van der Waals surface area contributed by atoms with Crippen molar-refractivity contribution in [2.24, 2.45) is 23.7 Å². The Morgan fingerprint density at radius 1 is 0.667 bits per heavy atom. The maximum absolute atomic E-state index is 15.5. The molecular weight excluding hydrogens is 1250 g/mol. The van der Waals surface area contributed by atoms with Crippen LogP contribution in [0.25, 0.3) is 22.6 Å². The molecule has 1 aromatic carbocycles. The van der Waals surface area contributed by atoms with Gasteiger partial charge in [-0.2, -0.15) is 0 Å². The van der Waals surface area contributed by atoms with Gasteiger partial charge in [-0.1, -0.05) is 55.4 Å². The number of hydrogen-bond acceptors (Lipinski definition) is 21. The minimum atomic E-state index is -1.95. The van der Waals surface area contributed by atoms with Crippen LogP contribution in [0.4, 0.5) is 5.69 Å². The first kappa shape index (κ1) is 74.4. The largest absolute Gasteiger partial charge is 0.490 e. The third-order valence-electron chi connectivity index (χ3n) is 18.3. The SMILES string of the molecule is Cc1c2oc3c(C)c(OCC(O)CO)cc(C(=O)N[C@H]4C(=O)N[C@@H](C(C)C)C(=O)N5CCC[C@H]5C(=O)N(C)CC(=O)N(C)[C@@H](C(C)C)C(=O)O[C@H]4C)c3nc-2c(C(=O)N[C@H]2C(=O)N[C@@H](C(C)C)C(=O)N3CCC[C@H]3C(=O)N(C)CC(=O)N(C)[C@@H](C(C)C)C(=O)O[C@H]2C)c(N)c1=O. The van der Waals surface area contributed by atoms with Crippen LogP contribution in [0.3, 0.4) is 0 Å². The lowest BCUT2D eigenvalue weighted by Gasteiger charge is -2.36. The molecular formula is C65H92N12O19. The number of cyclic esters (lactones) is 2. The number of fused-ring (bicyclic) bond motifs is 4. The van der Waals surface area contributed by atoms with Gasteiger partial charge in [-0.05, 0) is 83.1 Å². The van der Waals surface area contributed by atoms with Crippen LogP contribution in [0.15, 0.2) is 15.3 Å². The van der Waals surface area contributed by atoms with Gasteiger partial charge in [0.15, 0.2) is 11.3 Å². The fourth-order valence-electron chi connectivity index (χ4n) is 12.7. The monoisotopic (exact) mass is 1340 g/mol. The second-order valence-electron chi connectivity index (χ2n) is 26.8. The van der Waals surface area contributed by atoms with E-state index in [0.717, 1.165) is 15.9 Å². The molecule has 31 nitrogen and oxygen atoms in total. The summed E-state index contributed by atoms with van der Waals surface area (Å²) in [6.07, 6.45) is -3.39. The average Bonchev–Trinajstić information content (AvgIpc) is 1.00. The van der Waals surface area contributed by atoms with Gasteiger partial charge in [0.1, 0.15) is 90.2 Å². The summed E-state index contributed by atoms with van der Waals surface area (Å²) in [5, 5.41) is 30.8. The zero-order valence-corrected chi connectivity index (χ0v) is 57.4. The number of nitrogens with two attached hydrogens (primary N) is 1. The molecule has 0 aromatic heterocycles. The van der Waals surface area contributed by atoms with Crippen LogP contribution in [0, 0.1) is 37.5 Å². The summed E-state index contributed by atoms with van der Waals surface area (Å²) in [5.41, 5.74) is 2.29. The van der Waals surface area contributed by atoms with Crippen molar-refractivity contribution < 1.29 is 86.4 Å². The molecule has 8 N–H and O–H groups in total. The van der Waals surface area contributed by atoms with Crippen molar-refractivity contribution in [2.45, 2.75) is 175 Å². The number of carbonyl (C=O) groups is 12. The molecule has 7 rings (SSSR count). The van der Waals surface area contributed by atoms with E-state index in [1.165, 1.54) is 75.5 Å². The molecule has 4 fully saturated rings. The fourth-order valence-corrected chi connectivity index (χ4v) is 12.7. The first-order chi connectivity index (χ1) is 44.9. The molecule has 31 heteroatoms. The van der Waals surface area contributed by atoms with Gasteiger partial charge in [0, 0.05) is 52.4 Å². The number of anilines is 1. The maximum atomic E-state index is 15.5. The zero-order valence-electron chi connectivity index (χ0n) is 57.4. The molecule has 0 bridgehead atoms. The molecule has 526 valence electrons. The number of benzene rings is 2. The summed E-state index contributed by atoms with van der Waals surface area (Å²) in [5.74, 6) is -13.5. The number of nitrogens with one attached hydrogen (secondary N) is 4. The van der Waals surface area contributed by atoms with Crippen molar-refractivity contribution in [3.63, 3.8) is 0 Å². The quantitative estimate of drug-likeness (QED) is 0.0680.